The van der Waals surface area contributed by atoms with Gasteiger partial charge in [0.25, 0.3) is 0 Å². The molecule has 5 atom stereocenters. The molecular weight excluding hydrogens is 204 g/mol. The van der Waals surface area contributed by atoms with Crippen molar-refractivity contribution in [3.8, 4) is 0 Å². The van der Waals surface area contributed by atoms with Crippen LogP contribution in [0.2, 0.25) is 0 Å². The molecule has 1 aliphatic rings. The number of ether oxygens (including phenoxy) is 4. The molecule has 0 unspecified atom stereocenters. The van der Waals surface area contributed by atoms with Crippen molar-refractivity contribution in [3.05, 3.63) is 0 Å². The number of hydrogen-bond acceptors (Lipinski definition) is 6. The molecule has 1 heterocycles. The Kier molecular flexibility index (Phi) is 4.91. The van der Waals surface area contributed by atoms with Gasteiger partial charge in [-0.25, -0.2) is 0 Å². The van der Waals surface area contributed by atoms with Crippen LogP contribution in [-0.2, 0) is 18.9 Å². The van der Waals surface area contributed by atoms with Crippen LogP contribution in [0.1, 0.15) is 0 Å². The van der Waals surface area contributed by atoms with E-state index in [1.165, 1.54) is 21.3 Å². The minimum atomic E-state index is -0.893. The third-order valence-electron chi connectivity index (χ3n) is 2.57. The summed E-state index contributed by atoms with van der Waals surface area (Å²) in [5.74, 6) is 0. The summed E-state index contributed by atoms with van der Waals surface area (Å²) in [7, 11) is 4.35. The van der Waals surface area contributed by atoms with Crippen LogP contribution in [0, 0.1) is 0 Å². The van der Waals surface area contributed by atoms with E-state index < -0.39 is 30.7 Å². The molecule has 1 fully saturated rings. The van der Waals surface area contributed by atoms with Crippen LogP contribution >= 0.6 is 0 Å². The maximum atomic E-state index is 9.91. The van der Waals surface area contributed by atoms with Gasteiger partial charge in [-0.1, -0.05) is 0 Å². The molecule has 1 saturated heterocycles. The Morgan fingerprint density at radius 1 is 1.07 bits per heavy atom. The lowest BCUT2D eigenvalue weighted by atomic mass is 9.99. The number of hydrogen-bond donors (Lipinski definition) is 2. The maximum Gasteiger partial charge on any atom is 0.186 e. The zero-order chi connectivity index (χ0) is 11.4. The Labute approximate surface area is 88.7 Å². The normalized spacial score (nSPS) is 41.8. The third kappa shape index (κ3) is 2.47. The Morgan fingerprint density at radius 2 is 1.67 bits per heavy atom. The average molecular weight is 222 g/mol. The van der Waals surface area contributed by atoms with E-state index in [1.54, 1.807) is 0 Å². The van der Waals surface area contributed by atoms with Gasteiger partial charge in [-0.3, -0.25) is 0 Å². The van der Waals surface area contributed by atoms with E-state index in [-0.39, 0.29) is 6.61 Å². The maximum absolute atomic E-state index is 9.91. The standard InChI is InChI=1S/C9H18O6/c1-12-7-5(4-10)15-9(14-3)8(13-2)6(7)11/h5-11H,4H2,1-3H3/t5-,6+,7-,8+,9+/m1/s1. The molecule has 1 rings (SSSR count). The summed E-state index contributed by atoms with van der Waals surface area (Å²) in [6.07, 6.45) is -3.44. The van der Waals surface area contributed by atoms with E-state index in [9.17, 15) is 5.11 Å². The highest BCUT2D eigenvalue weighted by Crippen LogP contribution is 2.25. The highest BCUT2D eigenvalue weighted by atomic mass is 16.7. The van der Waals surface area contributed by atoms with Crippen molar-refractivity contribution >= 4 is 0 Å². The molecule has 1 aliphatic heterocycles. The van der Waals surface area contributed by atoms with Crippen molar-refractivity contribution in [2.75, 3.05) is 27.9 Å². The molecule has 0 spiro atoms. The van der Waals surface area contributed by atoms with Crippen LogP contribution in [0.15, 0.2) is 0 Å². The van der Waals surface area contributed by atoms with Crippen LogP contribution in [0.25, 0.3) is 0 Å². The fourth-order valence-corrected chi connectivity index (χ4v) is 1.77. The first-order chi connectivity index (χ1) is 7.19. The van der Waals surface area contributed by atoms with Crippen LogP contribution in [0.5, 0.6) is 0 Å². The van der Waals surface area contributed by atoms with E-state index in [2.05, 4.69) is 0 Å². The molecule has 0 aromatic heterocycles. The summed E-state index contributed by atoms with van der Waals surface area (Å²) < 4.78 is 20.5. The highest BCUT2D eigenvalue weighted by Gasteiger charge is 2.45. The van der Waals surface area contributed by atoms with Crippen LogP contribution in [0.4, 0.5) is 0 Å². The molecule has 0 aliphatic carbocycles. The van der Waals surface area contributed by atoms with E-state index in [1.807, 2.05) is 0 Å². The van der Waals surface area contributed by atoms with Gasteiger partial charge >= 0.3 is 0 Å². The van der Waals surface area contributed by atoms with Crippen molar-refractivity contribution in [1.29, 1.82) is 0 Å². The fraction of sp³-hybridized carbons (Fsp3) is 1.00. The van der Waals surface area contributed by atoms with Crippen LogP contribution in [0.3, 0.4) is 0 Å². The van der Waals surface area contributed by atoms with Gasteiger partial charge < -0.3 is 29.2 Å². The summed E-state index contributed by atoms with van der Waals surface area (Å²) >= 11 is 0. The van der Waals surface area contributed by atoms with Gasteiger partial charge in [0, 0.05) is 21.3 Å². The van der Waals surface area contributed by atoms with E-state index in [0.29, 0.717) is 0 Å². The number of aliphatic hydroxyl groups excluding tert-OH is 2. The summed E-state index contributed by atoms with van der Waals surface area (Å²) in [5, 5.41) is 19.0. The van der Waals surface area contributed by atoms with Gasteiger partial charge in [0.05, 0.1) is 6.61 Å². The highest BCUT2D eigenvalue weighted by molar-refractivity contribution is 4.90. The summed E-state index contributed by atoms with van der Waals surface area (Å²) in [5.41, 5.74) is 0. The molecule has 0 amide bonds. The lowest BCUT2D eigenvalue weighted by molar-refractivity contribution is -0.302. The lowest BCUT2D eigenvalue weighted by Crippen LogP contribution is -2.60. The zero-order valence-corrected chi connectivity index (χ0v) is 9.12. The molecule has 0 saturated carbocycles. The molecule has 2 N–H and O–H groups in total. The first kappa shape index (κ1) is 12.8. The second-order valence-electron chi connectivity index (χ2n) is 3.35. The first-order valence-corrected chi connectivity index (χ1v) is 4.72. The second-order valence-corrected chi connectivity index (χ2v) is 3.35. The largest absolute Gasteiger partial charge is 0.394 e. The molecular formula is C9H18O6. The van der Waals surface area contributed by atoms with E-state index in [4.69, 9.17) is 24.1 Å². The van der Waals surface area contributed by atoms with Crippen molar-refractivity contribution < 1.29 is 29.2 Å². The molecule has 0 aromatic carbocycles. The Hall–Kier alpha value is -0.240. The van der Waals surface area contributed by atoms with Gasteiger partial charge in [-0.05, 0) is 0 Å². The monoisotopic (exact) mass is 222 g/mol. The molecule has 6 nitrogen and oxygen atoms in total. The molecule has 0 aromatic rings. The second kappa shape index (κ2) is 5.74. The predicted octanol–water partition coefficient (Wildman–Crippen LogP) is -1.26. The van der Waals surface area contributed by atoms with Crippen molar-refractivity contribution in [1.82, 2.24) is 0 Å². The van der Waals surface area contributed by atoms with Gasteiger partial charge in [-0.15, -0.1) is 0 Å². The number of aliphatic hydroxyl groups is 2. The summed E-state index contributed by atoms with van der Waals surface area (Å²) in [6, 6.07) is 0. The van der Waals surface area contributed by atoms with Crippen LogP contribution < -0.4 is 0 Å². The van der Waals surface area contributed by atoms with Crippen LogP contribution in [-0.4, -0.2) is 68.9 Å². The Bertz CT molecular complexity index is 169. The van der Waals surface area contributed by atoms with Gasteiger partial charge in [0.2, 0.25) is 0 Å². The Morgan fingerprint density at radius 3 is 2.07 bits per heavy atom. The minimum absolute atomic E-state index is 0.244. The third-order valence-corrected chi connectivity index (χ3v) is 2.57. The van der Waals surface area contributed by atoms with Gasteiger partial charge in [0.15, 0.2) is 6.29 Å². The van der Waals surface area contributed by atoms with Gasteiger partial charge in [0.1, 0.15) is 24.4 Å². The molecule has 0 bridgehead atoms. The fourth-order valence-electron chi connectivity index (χ4n) is 1.77. The SMILES string of the molecule is CO[C@H]1O[C@H](CO)[C@@H](OC)[C@H](O)[C@@H]1OC. The van der Waals surface area contributed by atoms with E-state index in [0.717, 1.165) is 0 Å². The summed E-state index contributed by atoms with van der Waals surface area (Å²) in [6.45, 7) is -0.244. The molecule has 90 valence electrons. The smallest absolute Gasteiger partial charge is 0.186 e. The predicted molar refractivity (Wildman–Crippen MR) is 50.4 cm³/mol. The zero-order valence-electron chi connectivity index (χ0n) is 9.12. The first-order valence-electron chi connectivity index (χ1n) is 4.72. The summed E-state index contributed by atoms with van der Waals surface area (Å²) in [4.78, 5) is 0. The Balaban J connectivity index is 2.76. The topological polar surface area (TPSA) is 77.4 Å². The van der Waals surface area contributed by atoms with E-state index >= 15 is 0 Å². The van der Waals surface area contributed by atoms with Gasteiger partial charge in [-0.2, -0.15) is 0 Å². The lowest BCUT2D eigenvalue weighted by Gasteiger charge is -2.42. The van der Waals surface area contributed by atoms with Crippen molar-refractivity contribution in [2.45, 2.75) is 30.7 Å². The number of rotatable bonds is 4. The number of methoxy groups -OCH3 is 3. The van der Waals surface area contributed by atoms with Crippen molar-refractivity contribution in [2.24, 2.45) is 0 Å². The molecule has 0 radical (unpaired) electrons. The molecule has 15 heavy (non-hydrogen) atoms. The van der Waals surface area contributed by atoms with Crippen molar-refractivity contribution in [3.63, 3.8) is 0 Å². The minimum Gasteiger partial charge on any atom is -0.394 e. The quantitative estimate of drug-likeness (QED) is 0.618. The average Bonchev–Trinajstić information content (AvgIpc) is 2.27. The molecule has 6 heteroatoms.